The van der Waals surface area contributed by atoms with Crippen LogP contribution in [-0.2, 0) is 4.79 Å². The van der Waals surface area contributed by atoms with Crippen molar-refractivity contribution in [3.63, 3.8) is 0 Å². The molecule has 0 atom stereocenters. The molecule has 4 heteroatoms. The Labute approximate surface area is 159 Å². The number of nitrogens with zero attached hydrogens (tertiary/aromatic N) is 1. The van der Waals surface area contributed by atoms with Gasteiger partial charge in [-0.25, -0.2) is 5.43 Å². The number of hydrogen-bond donors (Lipinski definition) is 1. The van der Waals surface area contributed by atoms with E-state index in [9.17, 15) is 4.79 Å². The second kappa shape index (κ2) is 15.4. The number of rotatable bonds is 15. The molecule has 0 bridgehead atoms. The molecule has 0 aliphatic rings. The summed E-state index contributed by atoms with van der Waals surface area (Å²) >= 11 is 0. The molecule has 4 nitrogen and oxygen atoms in total. The fourth-order valence-corrected chi connectivity index (χ4v) is 2.87. The summed E-state index contributed by atoms with van der Waals surface area (Å²) in [5.41, 5.74) is 3.53. The minimum absolute atomic E-state index is 0.00862. The largest absolute Gasteiger partial charge is 0.497 e. The van der Waals surface area contributed by atoms with Gasteiger partial charge in [-0.2, -0.15) is 5.10 Å². The summed E-state index contributed by atoms with van der Waals surface area (Å²) in [6.07, 6.45) is 16.4. The molecule has 0 aliphatic carbocycles. The van der Waals surface area contributed by atoms with E-state index < -0.39 is 0 Å². The molecule has 1 aromatic carbocycles. The monoisotopic (exact) mass is 360 g/mol. The zero-order chi connectivity index (χ0) is 18.9. The summed E-state index contributed by atoms with van der Waals surface area (Å²) in [5, 5.41) is 4.00. The average Bonchev–Trinajstić information content (AvgIpc) is 2.66. The van der Waals surface area contributed by atoms with E-state index in [2.05, 4.69) is 17.5 Å². The van der Waals surface area contributed by atoms with Crippen LogP contribution in [0.15, 0.2) is 29.4 Å². The summed E-state index contributed by atoms with van der Waals surface area (Å²) in [5.74, 6) is 0.799. The lowest BCUT2D eigenvalue weighted by molar-refractivity contribution is -0.121. The average molecular weight is 361 g/mol. The third-order valence-corrected chi connectivity index (χ3v) is 4.53. The van der Waals surface area contributed by atoms with Crippen molar-refractivity contribution in [1.82, 2.24) is 5.43 Å². The lowest BCUT2D eigenvalue weighted by Gasteiger charge is -2.03. The Morgan fingerprint density at radius 3 is 2.00 bits per heavy atom. The van der Waals surface area contributed by atoms with Crippen molar-refractivity contribution >= 4 is 12.1 Å². The molecule has 1 N–H and O–H groups in total. The lowest BCUT2D eigenvalue weighted by atomic mass is 10.1. The van der Waals surface area contributed by atoms with Gasteiger partial charge in [0.25, 0.3) is 0 Å². The molecule has 0 saturated carbocycles. The summed E-state index contributed by atoms with van der Waals surface area (Å²) in [4.78, 5) is 11.7. The molecule has 0 spiro atoms. The Morgan fingerprint density at radius 1 is 0.923 bits per heavy atom. The van der Waals surface area contributed by atoms with Crippen molar-refractivity contribution in [3.05, 3.63) is 29.8 Å². The van der Waals surface area contributed by atoms with Crippen LogP contribution >= 0.6 is 0 Å². The van der Waals surface area contributed by atoms with Gasteiger partial charge in [0.15, 0.2) is 0 Å². The van der Waals surface area contributed by atoms with Gasteiger partial charge in [0.1, 0.15) is 5.75 Å². The van der Waals surface area contributed by atoms with Crippen LogP contribution in [0, 0.1) is 0 Å². The molecule has 26 heavy (non-hydrogen) atoms. The van der Waals surface area contributed by atoms with E-state index in [1.807, 2.05) is 24.3 Å². The van der Waals surface area contributed by atoms with E-state index in [1.54, 1.807) is 13.3 Å². The van der Waals surface area contributed by atoms with Gasteiger partial charge in [-0.05, 0) is 36.2 Å². The molecule has 0 saturated heterocycles. The van der Waals surface area contributed by atoms with Gasteiger partial charge >= 0.3 is 0 Å². The van der Waals surface area contributed by atoms with Crippen LogP contribution in [0.4, 0.5) is 0 Å². The number of benzene rings is 1. The van der Waals surface area contributed by atoms with Gasteiger partial charge in [0.2, 0.25) is 5.91 Å². The van der Waals surface area contributed by atoms with Crippen LogP contribution in [0.1, 0.15) is 89.5 Å². The fourth-order valence-electron chi connectivity index (χ4n) is 2.87. The standard InChI is InChI=1S/C22H36N2O2/c1-3-4-5-6-7-8-9-10-11-12-13-14-22(25)24-23-19-20-15-17-21(26-2)18-16-20/h15-19H,3-14H2,1-2H3,(H,24,25)/b23-19+. The molecule has 0 unspecified atom stereocenters. The quantitative estimate of drug-likeness (QED) is 0.242. The van der Waals surface area contributed by atoms with Crippen molar-refractivity contribution < 1.29 is 9.53 Å². The first-order chi connectivity index (χ1) is 12.8. The summed E-state index contributed by atoms with van der Waals surface area (Å²) in [6, 6.07) is 7.54. The Balaban J connectivity index is 1.95. The Morgan fingerprint density at radius 2 is 1.46 bits per heavy atom. The number of carbonyl (C=O) groups is 1. The van der Waals surface area contributed by atoms with Crippen LogP contribution in [0.25, 0.3) is 0 Å². The highest BCUT2D eigenvalue weighted by Crippen LogP contribution is 2.12. The number of unbranched alkanes of at least 4 members (excludes halogenated alkanes) is 10. The maximum Gasteiger partial charge on any atom is 0.240 e. The smallest absolute Gasteiger partial charge is 0.240 e. The second-order valence-electron chi connectivity index (χ2n) is 6.85. The number of carbonyl (C=O) groups excluding carboxylic acids is 1. The maximum atomic E-state index is 11.7. The van der Waals surface area contributed by atoms with Crippen molar-refractivity contribution in [2.24, 2.45) is 5.10 Å². The van der Waals surface area contributed by atoms with Gasteiger partial charge in [-0.3, -0.25) is 4.79 Å². The third-order valence-electron chi connectivity index (χ3n) is 4.53. The molecular formula is C22H36N2O2. The van der Waals surface area contributed by atoms with E-state index in [0.717, 1.165) is 24.2 Å². The second-order valence-corrected chi connectivity index (χ2v) is 6.85. The number of nitrogens with one attached hydrogen (secondary N) is 1. The zero-order valence-corrected chi connectivity index (χ0v) is 16.6. The Kier molecular flexibility index (Phi) is 13.2. The van der Waals surface area contributed by atoms with Crippen LogP contribution in [-0.4, -0.2) is 19.2 Å². The first-order valence-electron chi connectivity index (χ1n) is 10.2. The van der Waals surface area contributed by atoms with E-state index in [4.69, 9.17) is 4.74 Å². The van der Waals surface area contributed by atoms with E-state index in [1.165, 1.54) is 57.8 Å². The number of hydrogen-bond acceptors (Lipinski definition) is 3. The first-order valence-corrected chi connectivity index (χ1v) is 10.2. The molecular weight excluding hydrogens is 324 g/mol. The van der Waals surface area contributed by atoms with Crippen LogP contribution in [0.2, 0.25) is 0 Å². The van der Waals surface area contributed by atoms with Crippen LogP contribution < -0.4 is 10.2 Å². The van der Waals surface area contributed by atoms with Gasteiger partial charge in [-0.15, -0.1) is 0 Å². The zero-order valence-electron chi connectivity index (χ0n) is 16.6. The topological polar surface area (TPSA) is 50.7 Å². The molecule has 146 valence electrons. The number of hydrazone groups is 1. The molecule has 1 aromatic rings. The number of ether oxygens (including phenoxy) is 1. The predicted molar refractivity (Wildman–Crippen MR) is 110 cm³/mol. The molecule has 0 fully saturated rings. The van der Waals surface area contributed by atoms with E-state index in [-0.39, 0.29) is 5.91 Å². The van der Waals surface area contributed by atoms with E-state index in [0.29, 0.717) is 6.42 Å². The number of amides is 1. The molecule has 0 aliphatic heterocycles. The highest BCUT2D eigenvalue weighted by molar-refractivity contribution is 5.82. The van der Waals surface area contributed by atoms with Gasteiger partial charge < -0.3 is 4.74 Å². The molecule has 1 rings (SSSR count). The first kappa shape index (κ1) is 22.2. The van der Waals surface area contributed by atoms with Crippen molar-refractivity contribution in [2.45, 2.75) is 84.0 Å². The fraction of sp³-hybridized carbons (Fsp3) is 0.636. The Hall–Kier alpha value is -1.84. The highest BCUT2D eigenvalue weighted by atomic mass is 16.5. The van der Waals surface area contributed by atoms with Gasteiger partial charge in [0, 0.05) is 6.42 Å². The molecule has 0 heterocycles. The minimum atomic E-state index is -0.00862. The SMILES string of the molecule is CCCCCCCCCCCCCC(=O)N/N=C/c1ccc(OC)cc1. The third kappa shape index (κ3) is 11.7. The number of methoxy groups -OCH3 is 1. The van der Waals surface area contributed by atoms with Crippen molar-refractivity contribution in [1.29, 1.82) is 0 Å². The predicted octanol–water partition coefficient (Wildman–Crippen LogP) is 5.85. The molecule has 0 radical (unpaired) electrons. The lowest BCUT2D eigenvalue weighted by Crippen LogP contribution is -2.16. The summed E-state index contributed by atoms with van der Waals surface area (Å²) in [7, 11) is 1.64. The van der Waals surface area contributed by atoms with Crippen LogP contribution in [0.3, 0.4) is 0 Å². The van der Waals surface area contributed by atoms with Crippen LogP contribution in [0.5, 0.6) is 5.75 Å². The van der Waals surface area contributed by atoms with E-state index >= 15 is 0 Å². The highest BCUT2D eigenvalue weighted by Gasteiger charge is 1.99. The maximum absolute atomic E-state index is 11.7. The normalized spacial score (nSPS) is 11.0. The van der Waals surface area contributed by atoms with Gasteiger partial charge in [0.05, 0.1) is 13.3 Å². The molecule has 1 amide bonds. The Bertz CT molecular complexity index is 497. The minimum Gasteiger partial charge on any atom is -0.497 e. The summed E-state index contributed by atoms with van der Waals surface area (Å²) in [6.45, 7) is 2.26. The van der Waals surface area contributed by atoms with Gasteiger partial charge in [-0.1, -0.05) is 71.1 Å². The van der Waals surface area contributed by atoms with Crippen molar-refractivity contribution in [2.75, 3.05) is 7.11 Å². The summed E-state index contributed by atoms with van der Waals surface area (Å²) < 4.78 is 5.10. The molecule has 0 aromatic heterocycles. The van der Waals surface area contributed by atoms with Crippen molar-refractivity contribution in [3.8, 4) is 5.75 Å².